The van der Waals surface area contributed by atoms with Gasteiger partial charge < -0.3 is 15.0 Å². The Balaban J connectivity index is 1.85. The maximum atomic E-state index is 12.9. The van der Waals surface area contributed by atoms with Crippen molar-refractivity contribution >= 4 is 17.8 Å². The monoisotopic (exact) mass is 320 g/mol. The smallest absolute Gasteiger partial charge is 0.308 e. The van der Waals surface area contributed by atoms with Gasteiger partial charge in [0.15, 0.2) is 0 Å². The van der Waals surface area contributed by atoms with E-state index in [1.54, 1.807) is 6.20 Å². The van der Waals surface area contributed by atoms with Crippen LogP contribution in [0.15, 0.2) is 6.20 Å². The van der Waals surface area contributed by atoms with Gasteiger partial charge in [-0.15, -0.1) is 0 Å². The van der Waals surface area contributed by atoms with Gasteiger partial charge in [0.25, 0.3) is 5.91 Å². The Morgan fingerprint density at radius 3 is 3.00 bits per heavy atom. The van der Waals surface area contributed by atoms with Crippen molar-refractivity contribution in [1.29, 1.82) is 0 Å². The second kappa shape index (κ2) is 6.39. The van der Waals surface area contributed by atoms with Crippen molar-refractivity contribution in [3.05, 3.63) is 17.5 Å². The van der Waals surface area contributed by atoms with E-state index in [1.807, 2.05) is 4.68 Å². The van der Waals surface area contributed by atoms with Crippen molar-refractivity contribution in [1.82, 2.24) is 20.0 Å². The SMILES string of the molecule is COC(=O)C[C@H]1C(=O)NCCN1C(=O)c1cnn2c1CCCC2. The molecule has 8 nitrogen and oxygen atoms in total. The molecule has 0 aliphatic carbocycles. The summed E-state index contributed by atoms with van der Waals surface area (Å²) in [6, 6.07) is -0.831. The number of hydrogen-bond donors (Lipinski definition) is 1. The fraction of sp³-hybridized carbons (Fsp3) is 0.600. The zero-order valence-corrected chi connectivity index (χ0v) is 13.1. The molecule has 1 N–H and O–H groups in total. The van der Waals surface area contributed by atoms with Gasteiger partial charge in [-0.3, -0.25) is 19.1 Å². The number of amides is 2. The molecule has 0 saturated carbocycles. The number of esters is 1. The van der Waals surface area contributed by atoms with Crippen molar-refractivity contribution in [2.45, 2.75) is 38.3 Å². The molecule has 3 rings (SSSR count). The Labute approximate surface area is 133 Å². The largest absolute Gasteiger partial charge is 0.469 e. The molecule has 0 spiro atoms. The van der Waals surface area contributed by atoms with Crippen LogP contribution in [0.3, 0.4) is 0 Å². The summed E-state index contributed by atoms with van der Waals surface area (Å²) in [4.78, 5) is 38.0. The third-order valence-corrected chi connectivity index (χ3v) is 4.39. The fourth-order valence-corrected chi connectivity index (χ4v) is 3.16. The van der Waals surface area contributed by atoms with E-state index in [4.69, 9.17) is 0 Å². The van der Waals surface area contributed by atoms with Gasteiger partial charge in [-0.05, 0) is 19.3 Å². The average Bonchev–Trinajstić information content (AvgIpc) is 3.00. The third kappa shape index (κ3) is 2.93. The van der Waals surface area contributed by atoms with Gasteiger partial charge in [0.05, 0.1) is 31.0 Å². The lowest BCUT2D eigenvalue weighted by Crippen LogP contribution is -2.58. The molecule has 0 aromatic carbocycles. The molecule has 1 aromatic rings. The standard InChI is InChI=1S/C15H20N4O4/c1-23-13(20)8-12-14(21)16-5-7-18(12)15(22)10-9-17-19-6-3-2-4-11(10)19/h9,12H,2-8H2,1H3,(H,16,21)/t12-/m0/s1. The van der Waals surface area contributed by atoms with Crippen molar-refractivity contribution < 1.29 is 19.1 Å². The highest BCUT2D eigenvalue weighted by molar-refractivity contribution is 6.00. The summed E-state index contributed by atoms with van der Waals surface area (Å²) in [6.45, 7) is 1.57. The van der Waals surface area contributed by atoms with E-state index in [0.717, 1.165) is 31.5 Å². The lowest BCUT2D eigenvalue weighted by atomic mass is 10.0. The van der Waals surface area contributed by atoms with Crippen LogP contribution in [-0.2, 0) is 27.3 Å². The molecule has 124 valence electrons. The van der Waals surface area contributed by atoms with Crippen LogP contribution in [0.2, 0.25) is 0 Å². The summed E-state index contributed by atoms with van der Waals surface area (Å²) in [5.41, 5.74) is 1.46. The van der Waals surface area contributed by atoms with Crippen LogP contribution in [-0.4, -0.2) is 58.7 Å². The van der Waals surface area contributed by atoms with Crippen LogP contribution in [0.1, 0.15) is 35.3 Å². The van der Waals surface area contributed by atoms with Gasteiger partial charge in [0, 0.05) is 19.6 Å². The Morgan fingerprint density at radius 2 is 2.22 bits per heavy atom. The summed E-state index contributed by atoms with van der Waals surface area (Å²) >= 11 is 0. The van der Waals surface area contributed by atoms with Gasteiger partial charge in [-0.25, -0.2) is 0 Å². The zero-order chi connectivity index (χ0) is 16.4. The minimum absolute atomic E-state index is 0.141. The first-order chi connectivity index (χ1) is 11.1. The number of piperazine rings is 1. The van der Waals surface area contributed by atoms with Crippen LogP contribution < -0.4 is 5.32 Å². The number of nitrogens with zero attached hydrogens (tertiary/aromatic N) is 3. The molecule has 1 saturated heterocycles. The highest BCUT2D eigenvalue weighted by Crippen LogP contribution is 2.21. The Morgan fingerprint density at radius 1 is 1.39 bits per heavy atom. The van der Waals surface area contributed by atoms with Crippen molar-refractivity contribution in [2.24, 2.45) is 0 Å². The first-order valence-electron chi connectivity index (χ1n) is 7.82. The minimum atomic E-state index is -0.831. The molecule has 2 aliphatic heterocycles. The molecule has 0 bridgehead atoms. The van der Waals surface area contributed by atoms with Crippen molar-refractivity contribution in [2.75, 3.05) is 20.2 Å². The highest BCUT2D eigenvalue weighted by atomic mass is 16.5. The molecule has 1 aromatic heterocycles. The normalized spacial score (nSPS) is 20.7. The molecule has 0 radical (unpaired) electrons. The van der Waals surface area contributed by atoms with Crippen LogP contribution in [0.4, 0.5) is 0 Å². The second-order valence-electron chi connectivity index (χ2n) is 5.77. The number of nitrogens with one attached hydrogen (secondary N) is 1. The topological polar surface area (TPSA) is 93.5 Å². The number of aromatic nitrogens is 2. The van der Waals surface area contributed by atoms with Crippen LogP contribution in [0.5, 0.6) is 0 Å². The van der Waals surface area contributed by atoms with Crippen molar-refractivity contribution in [3.63, 3.8) is 0 Å². The molecule has 8 heteroatoms. The second-order valence-corrected chi connectivity index (χ2v) is 5.77. The van der Waals surface area contributed by atoms with E-state index in [1.165, 1.54) is 12.0 Å². The minimum Gasteiger partial charge on any atom is -0.469 e. The lowest BCUT2D eigenvalue weighted by Gasteiger charge is -2.34. The van der Waals surface area contributed by atoms with Gasteiger partial charge in [-0.1, -0.05) is 0 Å². The van der Waals surface area contributed by atoms with Gasteiger partial charge in [0.1, 0.15) is 6.04 Å². The Bertz CT molecular complexity index is 639. The maximum absolute atomic E-state index is 12.9. The van der Waals surface area contributed by atoms with Crippen LogP contribution in [0.25, 0.3) is 0 Å². The lowest BCUT2D eigenvalue weighted by molar-refractivity contribution is -0.145. The molecule has 3 heterocycles. The number of carbonyl (C=O) groups excluding carboxylic acids is 3. The predicted molar refractivity (Wildman–Crippen MR) is 79.6 cm³/mol. The first kappa shape index (κ1) is 15.5. The molecular weight excluding hydrogens is 300 g/mol. The summed E-state index contributed by atoms with van der Waals surface area (Å²) in [7, 11) is 1.27. The first-order valence-corrected chi connectivity index (χ1v) is 7.82. The Kier molecular flexibility index (Phi) is 4.31. The van der Waals surface area contributed by atoms with E-state index in [0.29, 0.717) is 18.7 Å². The molecule has 1 fully saturated rings. The predicted octanol–water partition coefficient (Wildman–Crippen LogP) is -0.277. The summed E-state index contributed by atoms with van der Waals surface area (Å²) in [5.74, 6) is -1.07. The highest BCUT2D eigenvalue weighted by Gasteiger charge is 2.36. The maximum Gasteiger partial charge on any atom is 0.308 e. The van der Waals surface area contributed by atoms with Crippen LogP contribution in [0, 0.1) is 0 Å². The van der Waals surface area contributed by atoms with Crippen molar-refractivity contribution in [3.8, 4) is 0 Å². The van der Waals surface area contributed by atoms with E-state index in [-0.39, 0.29) is 18.2 Å². The van der Waals surface area contributed by atoms with E-state index >= 15 is 0 Å². The number of carbonyl (C=O) groups is 3. The third-order valence-electron chi connectivity index (χ3n) is 4.39. The molecule has 23 heavy (non-hydrogen) atoms. The number of ether oxygens (including phenoxy) is 1. The van der Waals surface area contributed by atoms with Gasteiger partial charge >= 0.3 is 5.97 Å². The zero-order valence-electron chi connectivity index (χ0n) is 13.1. The molecular formula is C15H20N4O4. The number of aryl methyl sites for hydroxylation is 1. The summed E-state index contributed by atoms with van der Waals surface area (Å²) in [6.07, 6.45) is 4.32. The average molecular weight is 320 g/mol. The van der Waals surface area contributed by atoms with Crippen LogP contribution >= 0.6 is 0 Å². The molecule has 2 amide bonds. The molecule has 0 unspecified atom stereocenters. The quantitative estimate of drug-likeness (QED) is 0.773. The molecule has 2 aliphatic rings. The van der Waals surface area contributed by atoms with Gasteiger partial charge in [0.2, 0.25) is 5.91 Å². The van der Waals surface area contributed by atoms with E-state index in [2.05, 4.69) is 15.2 Å². The number of rotatable bonds is 3. The number of fused-ring (bicyclic) bond motifs is 1. The number of hydrogen-bond acceptors (Lipinski definition) is 5. The summed E-state index contributed by atoms with van der Waals surface area (Å²) < 4.78 is 6.49. The summed E-state index contributed by atoms with van der Waals surface area (Å²) in [5, 5.41) is 6.96. The number of methoxy groups -OCH3 is 1. The Hall–Kier alpha value is -2.38. The fourth-order valence-electron chi connectivity index (χ4n) is 3.16. The van der Waals surface area contributed by atoms with E-state index < -0.39 is 12.0 Å². The van der Waals surface area contributed by atoms with E-state index in [9.17, 15) is 14.4 Å². The molecule has 1 atom stereocenters. The van der Waals surface area contributed by atoms with Gasteiger partial charge in [-0.2, -0.15) is 5.10 Å².